The molecule has 2 heterocycles. The standard InChI is InChI=1S/C15H11NO/c1-9-8-13-14(16-9)11-5-3-2-4-10(11)12-6-7-17-15(12)13/h2-8,16H,1H3. The average molecular weight is 221 g/mol. The zero-order valence-electron chi connectivity index (χ0n) is 9.45. The van der Waals surface area contributed by atoms with Crippen LogP contribution in [0.3, 0.4) is 0 Å². The Balaban J connectivity index is 2.47. The minimum absolute atomic E-state index is 0.975. The van der Waals surface area contributed by atoms with Crippen LogP contribution in [0.15, 0.2) is 47.1 Å². The molecule has 2 nitrogen and oxygen atoms in total. The van der Waals surface area contributed by atoms with Gasteiger partial charge in [-0.15, -0.1) is 0 Å². The molecule has 0 aliphatic carbocycles. The van der Waals surface area contributed by atoms with Crippen molar-refractivity contribution in [2.75, 3.05) is 0 Å². The Morgan fingerprint density at radius 2 is 1.76 bits per heavy atom. The zero-order valence-corrected chi connectivity index (χ0v) is 9.45. The fourth-order valence-corrected chi connectivity index (χ4v) is 2.65. The van der Waals surface area contributed by atoms with E-state index in [1.165, 1.54) is 27.1 Å². The van der Waals surface area contributed by atoms with Gasteiger partial charge in [-0.25, -0.2) is 0 Å². The monoisotopic (exact) mass is 221 g/mol. The highest BCUT2D eigenvalue weighted by molar-refractivity contribution is 6.22. The first-order valence-corrected chi connectivity index (χ1v) is 5.72. The van der Waals surface area contributed by atoms with Crippen molar-refractivity contribution in [3.63, 3.8) is 0 Å². The molecule has 0 saturated carbocycles. The first kappa shape index (κ1) is 8.88. The molecule has 2 aromatic carbocycles. The van der Waals surface area contributed by atoms with Crippen LogP contribution in [0.2, 0.25) is 0 Å². The second kappa shape index (κ2) is 2.92. The van der Waals surface area contributed by atoms with Crippen molar-refractivity contribution < 1.29 is 4.42 Å². The summed E-state index contributed by atoms with van der Waals surface area (Å²) < 4.78 is 5.63. The maximum atomic E-state index is 5.63. The van der Waals surface area contributed by atoms with Crippen LogP contribution in [0, 0.1) is 6.92 Å². The number of furan rings is 1. The van der Waals surface area contributed by atoms with Gasteiger partial charge < -0.3 is 9.40 Å². The molecular weight excluding hydrogens is 210 g/mol. The molecule has 0 saturated heterocycles. The van der Waals surface area contributed by atoms with E-state index in [0.717, 1.165) is 11.3 Å². The lowest BCUT2D eigenvalue weighted by atomic mass is 10.0. The highest BCUT2D eigenvalue weighted by Crippen LogP contribution is 2.35. The molecule has 0 bridgehead atoms. The van der Waals surface area contributed by atoms with Crippen molar-refractivity contribution in [1.29, 1.82) is 0 Å². The Bertz CT molecular complexity index is 851. The largest absolute Gasteiger partial charge is 0.464 e. The number of rotatable bonds is 0. The molecule has 0 spiro atoms. The van der Waals surface area contributed by atoms with Gasteiger partial charge in [-0.3, -0.25) is 0 Å². The minimum Gasteiger partial charge on any atom is -0.464 e. The van der Waals surface area contributed by atoms with Crippen molar-refractivity contribution in [3.8, 4) is 0 Å². The SMILES string of the molecule is Cc1cc2c([nH]1)c1ccccc1c1ccoc12. The third-order valence-corrected chi connectivity index (χ3v) is 3.35. The van der Waals surface area contributed by atoms with Crippen LogP contribution in [0.5, 0.6) is 0 Å². The molecule has 0 aliphatic rings. The predicted molar refractivity (Wildman–Crippen MR) is 70.3 cm³/mol. The maximum absolute atomic E-state index is 5.63. The molecule has 0 radical (unpaired) electrons. The number of aromatic nitrogens is 1. The number of hydrogen-bond acceptors (Lipinski definition) is 1. The van der Waals surface area contributed by atoms with Crippen LogP contribution >= 0.6 is 0 Å². The lowest BCUT2D eigenvalue weighted by Gasteiger charge is -2.01. The van der Waals surface area contributed by atoms with E-state index < -0.39 is 0 Å². The van der Waals surface area contributed by atoms with Gasteiger partial charge in [0.15, 0.2) is 0 Å². The lowest BCUT2D eigenvalue weighted by molar-refractivity contribution is 0.619. The molecule has 0 amide bonds. The Morgan fingerprint density at radius 3 is 2.65 bits per heavy atom. The Kier molecular flexibility index (Phi) is 1.52. The molecule has 17 heavy (non-hydrogen) atoms. The summed E-state index contributed by atoms with van der Waals surface area (Å²) >= 11 is 0. The minimum atomic E-state index is 0.975. The quantitative estimate of drug-likeness (QED) is 0.469. The fourth-order valence-electron chi connectivity index (χ4n) is 2.65. The first-order chi connectivity index (χ1) is 8.34. The van der Waals surface area contributed by atoms with Crippen LogP contribution < -0.4 is 0 Å². The second-order valence-corrected chi connectivity index (χ2v) is 4.45. The molecule has 2 aromatic heterocycles. The number of nitrogens with one attached hydrogen (secondary N) is 1. The van der Waals surface area contributed by atoms with Gasteiger partial charge in [-0.05, 0) is 24.4 Å². The van der Waals surface area contributed by atoms with Crippen LogP contribution in [0.4, 0.5) is 0 Å². The Morgan fingerprint density at radius 1 is 0.941 bits per heavy atom. The van der Waals surface area contributed by atoms with Crippen molar-refractivity contribution in [2.45, 2.75) is 6.92 Å². The Hall–Kier alpha value is -2.22. The van der Waals surface area contributed by atoms with E-state index in [9.17, 15) is 0 Å². The molecule has 0 unspecified atom stereocenters. The number of aryl methyl sites for hydroxylation is 1. The summed E-state index contributed by atoms with van der Waals surface area (Å²) in [5.41, 5.74) is 3.30. The smallest absolute Gasteiger partial charge is 0.143 e. The van der Waals surface area contributed by atoms with Crippen LogP contribution in [0.25, 0.3) is 32.6 Å². The van der Waals surface area contributed by atoms with Crippen LogP contribution in [-0.4, -0.2) is 4.98 Å². The zero-order chi connectivity index (χ0) is 11.4. The molecule has 82 valence electrons. The van der Waals surface area contributed by atoms with E-state index in [4.69, 9.17) is 4.42 Å². The van der Waals surface area contributed by atoms with E-state index in [1.54, 1.807) is 6.26 Å². The van der Waals surface area contributed by atoms with Crippen molar-refractivity contribution in [3.05, 3.63) is 48.4 Å². The Labute approximate surface area is 97.8 Å². The van der Waals surface area contributed by atoms with Gasteiger partial charge in [0.25, 0.3) is 0 Å². The van der Waals surface area contributed by atoms with Crippen molar-refractivity contribution >= 4 is 32.6 Å². The topological polar surface area (TPSA) is 28.9 Å². The summed E-state index contributed by atoms with van der Waals surface area (Å²) in [6, 6.07) is 12.6. The molecule has 0 atom stereocenters. The summed E-state index contributed by atoms with van der Waals surface area (Å²) in [7, 11) is 0. The summed E-state index contributed by atoms with van der Waals surface area (Å²) in [6.45, 7) is 2.07. The van der Waals surface area contributed by atoms with E-state index in [1.807, 2.05) is 6.07 Å². The van der Waals surface area contributed by atoms with Crippen molar-refractivity contribution in [2.24, 2.45) is 0 Å². The van der Waals surface area contributed by atoms with Crippen LogP contribution in [-0.2, 0) is 0 Å². The van der Waals surface area contributed by atoms with Gasteiger partial charge in [0.05, 0.1) is 11.8 Å². The fraction of sp³-hybridized carbons (Fsp3) is 0.0667. The van der Waals surface area contributed by atoms with E-state index >= 15 is 0 Å². The average Bonchev–Trinajstić information content (AvgIpc) is 2.94. The number of hydrogen-bond donors (Lipinski definition) is 1. The maximum Gasteiger partial charge on any atom is 0.143 e. The summed E-state index contributed by atoms with van der Waals surface area (Å²) in [5, 5.41) is 4.85. The summed E-state index contributed by atoms with van der Waals surface area (Å²) in [5.74, 6) is 0. The van der Waals surface area contributed by atoms with Gasteiger partial charge >= 0.3 is 0 Å². The normalized spacial score (nSPS) is 11.8. The molecule has 0 fully saturated rings. The van der Waals surface area contributed by atoms with Gasteiger partial charge in [-0.2, -0.15) is 0 Å². The van der Waals surface area contributed by atoms with E-state index in [2.05, 4.69) is 42.2 Å². The van der Waals surface area contributed by atoms with Gasteiger partial charge in [-0.1, -0.05) is 24.3 Å². The number of benzene rings is 2. The van der Waals surface area contributed by atoms with Gasteiger partial charge in [0.2, 0.25) is 0 Å². The molecule has 0 aliphatic heterocycles. The van der Waals surface area contributed by atoms with E-state index in [0.29, 0.717) is 0 Å². The third-order valence-electron chi connectivity index (χ3n) is 3.35. The molecule has 4 rings (SSSR count). The molecular formula is C15H11NO. The molecule has 2 heteroatoms. The van der Waals surface area contributed by atoms with Gasteiger partial charge in [0.1, 0.15) is 5.58 Å². The number of aromatic amines is 1. The predicted octanol–water partition coefficient (Wildman–Crippen LogP) is 4.38. The molecule has 4 aromatic rings. The molecule has 1 N–H and O–H groups in total. The number of fused-ring (bicyclic) bond motifs is 6. The number of H-pyrrole nitrogens is 1. The second-order valence-electron chi connectivity index (χ2n) is 4.45. The first-order valence-electron chi connectivity index (χ1n) is 5.72. The van der Waals surface area contributed by atoms with Crippen LogP contribution in [0.1, 0.15) is 5.69 Å². The summed E-state index contributed by atoms with van der Waals surface area (Å²) in [4.78, 5) is 3.42. The van der Waals surface area contributed by atoms with Gasteiger partial charge in [0, 0.05) is 21.9 Å². The lowest BCUT2D eigenvalue weighted by Crippen LogP contribution is -1.77. The summed E-state index contributed by atoms with van der Waals surface area (Å²) in [6.07, 6.45) is 1.76. The highest BCUT2D eigenvalue weighted by Gasteiger charge is 2.11. The van der Waals surface area contributed by atoms with Crippen molar-refractivity contribution in [1.82, 2.24) is 4.98 Å². The van der Waals surface area contributed by atoms with E-state index in [-0.39, 0.29) is 0 Å². The third kappa shape index (κ3) is 1.04. The highest BCUT2D eigenvalue weighted by atomic mass is 16.3.